The predicted octanol–water partition coefficient (Wildman–Crippen LogP) is 3.15. The lowest BCUT2D eigenvalue weighted by atomic mass is 9.65. The SMILES string of the molecule is CC(=O)OC1CCC2(C)C(C)CCC2C1. The monoisotopic (exact) mass is 210 g/mol. The van der Waals surface area contributed by atoms with Crippen molar-refractivity contribution in [2.24, 2.45) is 17.3 Å². The van der Waals surface area contributed by atoms with E-state index in [1.54, 1.807) is 0 Å². The van der Waals surface area contributed by atoms with Gasteiger partial charge in [-0.05, 0) is 49.4 Å². The number of hydrogen-bond acceptors (Lipinski definition) is 2. The zero-order valence-corrected chi connectivity index (χ0v) is 10.1. The number of carbonyl (C=O) groups is 1. The van der Waals surface area contributed by atoms with E-state index in [4.69, 9.17) is 4.74 Å². The van der Waals surface area contributed by atoms with Gasteiger partial charge in [0, 0.05) is 6.92 Å². The lowest BCUT2D eigenvalue weighted by Gasteiger charge is -2.42. The van der Waals surface area contributed by atoms with Crippen LogP contribution >= 0.6 is 0 Å². The molecule has 0 aromatic heterocycles. The van der Waals surface area contributed by atoms with Gasteiger partial charge in [0.1, 0.15) is 6.10 Å². The first-order valence-corrected chi connectivity index (χ1v) is 6.19. The van der Waals surface area contributed by atoms with Gasteiger partial charge in [0.25, 0.3) is 0 Å². The van der Waals surface area contributed by atoms with E-state index in [-0.39, 0.29) is 12.1 Å². The van der Waals surface area contributed by atoms with Crippen LogP contribution in [0.25, 0.3) is 0 Å². The summed E-state index contributed by atoms with van der Waals surface area (Å²) in [4.78, 5) is 10.9. The third-order valence-electron chi connectivity index (χ3n) is 4.89. The number of rotatable bonds is 1. The summed E-state index contributed by atoms with van der Waals surface area (Å²) in [5, 5.41) is 0. The molecular weight excluding hydrogens is 188 g/mol. The van der Waals surface area contributed by atoms with Gasteiger partial charge < -0.3 is 4.74 Å². The molecule has 0 radical (unpaired) electrons. The van der Waals surface area contributed by atoms with Crippen LogP contribution < -0.4 is 0 Å². The second-order valence-electron chi connectivity index (χ2n) is 5.69. The van der Waals surface area contributed by atoms with Gasteiger partial charge in [0.2, 0.25) is 0 Å². The Bertz CT molecular complexity index is 261. The minimum atomic E-state index is -0.116. The molecule has 0 bridgehead atoms. The maximum absolute atomic E-state index is 10.9. The van der Waals surface area contributed by atoms with E-state index >= 15 is 0 Å². The molecule has 4 atom stereocenters. The first-order valence-electron chi connectivity index (χ1n) is 6.19. The van der Waals surface area contributed by atoms with Gasteiger partial charge in [-0.3, -0.25) is 4.79 Å². The molecule has 0 N–H and O–H groups in total. The van der Waals surface area contributed by atoms with Gasteiger partial charge in [-0.2, -0.15) is 0 Å². The number of carbonyl (C=O) groups excluding carboxylic acids is 1. The maximum Gasteiger partial charge on any atom is 0.302 e. The van der Waals surface area contributed by atoms with Crippen molar-refractivity contribution in [2.45, 2.75) is 59.0 Å². The summed E-state index contributed by atoms with van der Waals surface area (Å²) in [6.07, 6.45) is 6.28. The average molecular weight is 210 g/mol. The first kappa shape index (κ1) is 11.0. The van der Waals surface area contributed by atoms with Crippen molar-refractivity contribution in [2.75, 3.05) is 0 Å². The van der Waals surface area contributed by atoms with Crippen molar-refractivity contribution >= 4 is 5.97 Å². The number of hydrogen-bond donors (Lipinski definition) is 0. The van der Waals surface area contributed by atoms with Gasteiger partial charge in [-0.25, -0.2) is 0 Å². The Labute approximate surface area is 92.4 Å². The number of ether oxygens (including phenoxy) is 1. The summed E-state index contributed by atoms with van der Waals surface area (Å²) < 4.78 is 5.34. The van der Waals surface area contributed by atoms with Crippen molar-refractivity contribution in [1.82, 2.24) is 0 Å². The molecule has 4 unspecified atom stereocenters. The fraction of sp³-hybridized carbons (Fsp3) is 0.923. The Hall–Kier alpha value is -0.530. The second kappa shape index (κ2) is 3.80. The van der Waals surface area contributed by atoms with E-state index in [2.05, 4.69) is 13.8 Å². The fourth-order valence-corrected chi connectivity index (χ4v) is 3.60. The smallest absolute Gasteiger partial charge is 0.302 e. The molecule has 2 nitrogen and oxygen atoms in total. The minimum Gasteiger partial charge on any atom is -0.463 e. The molecule has 86 valence electrons. The zero-order valence-electron chi connectivity index (χ0n) is 10.1. The van der Waals surface area contributed by atoms with E-state index in [0.717, 1.165) is 24.7 Å². The van der Waals surface area contributed by atoms with Gasteiger partial charge in [-0.15, -0.1) is 0 Å². The van der Waals surface area contributed by atoms with Crippen molar-refractivity contribution < 1.29 is 9.53 Å². The molecular formula is C13H22O2. The first-order chi connectivity index (χ1) is 7.02. The maximum atomic E-state index is 10.9. The Morgan fingerprint density at radius 3 is 2.73 bits per heavy atom. The quantitative estimate of drug-likeness (QED) is 0.621. The summed E-state index contributed by atoms with van der Waals surface area (Å²) in [5.41, 5.74) is 0.524. The standard InChI is InChI=1S/C13H22O2/c1-9-4-5-11-8-12(15-10(2)14)6-7-13(9,11)3/h9,11-12H,4-8H2,1-3H3. The van der Waals surface area contributed by atoms with Gasteiger partial charge in [0.15, 0.2) is 0 Å². The van der Waals surface area contributed by atoms with Crippen molar-refractivity contribution in [3.63, 3.8) is 0 Å². The Kier molecular flexibility index (Phi) is 2.78. The van der Waals surface area contributed by atoms with E-state index < -0.39 is 0 Å². The average Bonchev–Trinajstić information content (AvgIpc) is 2.44. The molecule has 0 aromatic rings. The van der Waals surface area contributed by atoms with Gasteiger partial charge in [0.05, 0.1) is 0 Å². The number of fused-ring (bicyclic) bond motifs is 1. The predicted molar refractivity (Wildman–Crippen MR) is 59.4 cm³/mol. The molecule has 0 heterocycles. The highest BCUT2D eigenvalue weighted by atomic mass is 16.5. The summed E-state index contributed by atoms with van der Waals surface area (Å²) in [7, 11) is 0. The van der Waals surface area contributed by atoms with E-state index in [9.17, 15) is 4.79 Å². The molecule has 0 spiro atoms. The lowest BCUT2D eigenvalue weighted by Crippen LogP contribution is -2.37. The molecule has 2 rings (SSSR count). The van der Waals surface area contributed by atoms with E-state index in [1.165, 1.54) is 26.2 Å². The molecule has 2 aliphatic rings. The van der Waals surface area contributed by atoms with Gasteiger partial charge >= 0.3 is 5.97 Å². The highest BCUT2D eigenvalue weighted by Crippen LogP contribution is 2.55. The summed E-state index contributed by atoms with van der Waals surface area (Å²) in [5.74, 6) is 1.51. The fourth-order valence-electron chi connectivity index (χ4n) is 3.60. The van der Waals surface area contributed by atoms with Crippen molar-refractivity contribution in [3.05, 3.63) is 0 Å². The summed E-state index contributed by atoms with van der Waals surface area (Å²) in [6, 6.07) is 0. The Balaban J connectivity index is 1.99. The summed E-state index contributed by atoms with van der Waals surface area (Å²) >= 11 is 0. The lowest BCUT2D eigenvalue weighted by molar-refractivity contribution is -0.150. The molecule has 2 heteroatoms. The molecule has 0 amide bonds. The van der Waals surface area contributed by atoms with Crippen LogP contribution in [0.15, 0.2) is 0 Å². The third kappa shape index (κ3) is 1.91. The van der Waals surface area contributed by atoms with Crippen LogP contribution in [0.1, 0.15) is 52.9 Å². The van der Waals surface area contributed by atoms with Crippen LogP contribution in [0.4, 0.5) is 0 Å². The minimum absolute atomic E-state index is 0.116. The highest BCUT2D eigenvalue weighted by molar-refractivity contribution is 5.66. The molecule has 15 heavy (non-hydrogen) atoms. The van der Waals surface area contributed by atoms with Crippen LogP contribution in [0.5, 0.6) is 0 Å². The normalized spacial score (nSPS) is 44.9. The topological polar surface area (TPSA) is 26.3 Å². The molecule has 0 aromatic carbocycles. The highest BCUT2D eigenvalue weighted by Gasteiger charge is 2.47. The van der Waals surface area contributed by atoms with E-state index in [1.807, 2.05) is 0 Å². The number of esters is 1. The summed E-state index contributed by atoms with van der Waals surface area (Å²) in [6.45, 7) is 6.33. The zero-order chi connectivity index (χ0) is 11.1. The Morgan fingerprint density at radius 2 is 2.07 bits per heavy atom. The molecule has 2 saturated carbocycles. The van der Waals surface area contributed by atoms with Crippen molar-refractivity contribution in [3.8, 4) is 0 Å². The van der Waals surface area contributed by atoms with Gasteiger partial charge in [-0.1, -0.05) is 13.8 Å². The second-order valence-corrected chi connectivity index (χ2v) is 5.69. The van der Waals surface area contributed by atoms with Crippen molar-refractivity contribution in [1.29, 1.82) is 0 Å². The van der Waals surface area contributed by atoms with Crippen LogP contribution in [0.3, 0.4) is 0 Å². The third-order valence-corrected chi connectivity index (χ3v) is 4.89. The molecule has 2 aliphatic carbocycles. The van der Waals surface area contributed by atoms with E-state index in [0.29, 0.717) is 5.41 Å². The Morgan fingerprint density at radius 1 is 1.33 bits per heavy atom. The molecule has 2 fully saturated rings. The van der Waals surface area contributed by atoms with Crippen LogP contribution in [-0.4, -0.2) is 12.1 Å². The van der Waals surface area contributed by atoms with Crippen LogP contribution in [-0.2, 0) is 9.53 Å². The largest absolute Gasteiger partial charge is 0.463 e. The molecule has 0 aliphatic heterocycles. The van der Waals surface area contributed by atoms with Crippen LogP contribution in [0, 0.1) is 17.3 Å². The molecule has 0 saturated heterocycles. The van der Waals surface area contributed by atoms with Crippen LogP contribution in [0.2, 0.25) is 0 Å².